The molecule has 0 aliphatic carbocycles. The molecule has 31 heavy (non-hydrogen) atoms. The number of halogens is 1. The molecule has 1 atom stereocenters. The molecular formula is C24H27FN4O2. The predicted octanol–water partition coefficient (Wildman–Crippen LogP) is 3.47. The van der Waals surface area contributed by atoms with Gasteiger partial charge in [0.2, 0.25) is 5.91 Å². The van der Waals surface area contributed by atoms with Gasteiger partial charge in [-0.1, -0.05) is 30.3 Å². The molecule has 7 heteroatoms. The second kappa shape index (κ2) is 8.89. The Labute approximate surface area is 180 Å². The summed E-state index contributed by atoms with van der Waals surface area (Å²) in [7, 11) is 1.81. The lowest BCUT2D eigenvalue weighted by Gasteiger charge is -2.31. The Hall–Kier alpha value is -3.19. The average molecular weight is 423 g/mol. The van der Waals surface area contributed by atoms with Gasteiger partial charge in [-0.3, -0.25) is 19.2 Å². The van der Waals surface area contributed by atoms with Crippen LogP contribution in [0.25, 0.3) is 5.69 Å². The van der Waals surface area contributed by atoms with E-state index in [-0.39, 0.29) is 23.2 Å². The maximum absolute atomic E-state index is 13.1. The molecule has 1 aliphatic heterocycles. The fraction of sp³-hybridized carbons (Fsp3) is 0.333. The molecule has 0 bridgehead atoms. The second-order valence-electron chi connectivity index (χ2n) is 8.13. The molecule has 6 nitrogen and oxygen atoms in total. The first kappa shape index (κ1) is 21.1. The molecule has 3 aromatic rings. The van der Waals surface area contributed by atoms with Crippen molar-refractivity contribution in [2.75, 3.05) is 18.4 Å². The molecule has 1 aliphatic rings. The molecule has 1 N–H and O–H groups in total. The number of amides is 1. The van der Waals surface area contributed by atoms with E-state index in [1.54, 1.807) is 21.5 Å². The van der Waals surface area contributed by atoms with Crippen molar-refractivity contribution in [2.24, 2.45) is 13.0 Å². The van der Waals surface area contributed by atoms with Gasteiger partial charge in [-0.25, -0.2) is 9.07 Å². The highest BCUT2D eigenvalue weighted by Gasteiger charge is 2.28. The molecule has 4 rings (SSSR count). The van der Waals surface area contributed by atoms with Crippen molar-refractivity contribution in [3.05, 3.63) is 82.0 Å². The van der Waals surface area contributed by atoms with E-state index >= 15 is 0 Å². The Bertz CT molecular complexity index is 1120. The summed E-state index contributed by atoms with van der Waals surface area (Å²) in [5, 5.41) is 2.90. The first-order valence-corrected chi connectivity index (χ1v) is 10.6. The van der Waals surface area contributed by atoms with Crippen molar-refractivity contribution < 1.29 is 9.18 Å². The zero-order valence-corrected chi connectivity index (χ0v) is 17.8. The van der Waals surface area contributed by atoms with Crippen LogP contribution in [0.3, 0.4) is 0 Å². The number of carbonyl (C=O) groups is 1. The zero-order valence-electron chi connectivity index (χ0n) is 17.8. The summed E-state index contributed by atoms with van der Waals surface area (Å²) in [6, 6.07) is 15.8. The molecule has 2 aromatic carbocycles. The molecular weight excluding hydrogens is 395 g/mol. The summed E-state index contributed by atoms with van der Waals surface area (Å²) in [4.78, 5) is 28.3. The topological polar surface area (TPSA) is 59.3 Å². The van der Waals surface area contributed by atoms with Gasteiger partial charge in [0.05, 0.1) is 17.3 Å². The third kappa shape index (κ3) is 4.46. The van der Waals surface area contributed by atoms with Crippen LogP contribution in [0.4, 0.5) is 10.1 Å². The Balaban J connectivity index is 1.48. The van der Waals surface area contributed by atoms with Crippen LogP contribution in [0, 0.1) is 18.7 Å². The highest BCUT2D eigenvalue weighted by molar-refractivity contribution is 5.93. The van der Waals surface area contributed by atoms with Crippen molar-refractivity contribution in [3.8, 4) is 5.69 Å². The standard InChI is InChI=1S/C24H27FN4O2/c1-17-22(24(31)29(27(17)2)21-8-4-3-5-9-21)26-23(30)19-7-6-14-28(16-19)15-18-10-12-20(25)13-11-18/h3-5,8-13,19H,6-7,14-16H2,1-2H3,(H,26,30). The van der Waals surface area contributed by atoms with Gasteiger partial charge in [0, 0.05) is 20.1 Å². The quantitative estimate of drug-likeness (QED) is 0.685. The fourth-order valence-corrected chi connectivity index (χ4v) is 4.20. The van der Waals surface area contributed by atoms with Gasteiger partial charge in [-0.2, -0.15) is 0 Å². The number of benzene rings is 2. The normalized spacial score (nSPS) is 16.9. The molecule has 0 saturated carbocycles. The molecule has 1 amide bonds. The van der Waals surface area contributed by atoms with E-state index in [1.807, 2.05) is 44.3 Å². The van der Waals surface area contributed by atoms with E-state index in [0.717, 1.165) is 30.6 Å². The lowest BCUT2D eigenvalue weighted by Crippen LogP contribution is -2.40. The monoisotopic (exact) mass is 422 g/mol. The van der Waals surface area contributed by atoms with Gasteiger partial charge in [-0.15, -0.1) is 0 Å². The minimum Gasteiger partial charge on any atom is -0.320 e. The minimum atomic E-state index is -0.251. The van der Waals surface area contributed by atoms with Crippen molar-refractivity contribution in [2.45, 2.75) is 26.3 Å². The molecule has 2 heterocycles. The number of para-hydroxylation sites is 1. The van der Waals surface area contributed by atoms with Crippen LogP contribution in [-0.2, 0) is 18.4 Å². The van der Waals surface area contributed by atoms with E-state index in [1.165, 1.54) is 12.1 Å². The summed E-state index contributed by atoms with van der Waals surface area (Å²) < 4.78 is 16.5. The summed E-state index contributed by atoms with van der Waals surface area (Å²) in [5.41, 5.74) is 2.57. The zero-order chi connectivity index (χ0) is 22.0. The lowest BCUT2D eigenvalue weighted by molar-refractivity contribution is -0.121. The summed E-state index contributed by atoms with van der Waals surface area (Å²) in [6.07, 6.45) is 1.69. The average Bonchev–Trinajstić information content (AvgIpc) is 2.99. The van der Waals surface area contributed by atoms with Gasteiger partial charge >= 0.3 is 0 Å². The van der Waals surface area contributed by atoms with Gasteiger partial charge in [0.25, 0.3) is 5.56 Å². The molecule has 1 fully saturated rings. The van der Waals surface area contributed by atoms with Crippen molar-refractivity contribution in [1.29, 1.82) is 0 Å². The summed E-state index contributed by atoms with van der Waals surface area (Å²) in [5.74, 6) is -0.577. The third-order valence-electron chi connectivity index (χ3n) is 6.00. The first-order valence-electron chi connectivity index (χ1n) is 10.6. The highest BCUT2D eigenvalue weighted by atomic mass is 19.1. The summed E-state index contributed by atoms with van der Waals surface area (Å²) in [6.45, 7) is 4.02. The van der Waals surface area contributed by atoms with E-state index < -0.39 is 0 Å². The number of nitrogens with one attached hydrogen (secondary N) is 1. The highest BCUT2D eigenvalue weighted by Crippen LogP contribution is 2.21. The Morgan fingerprint density at radius 1 is 1.13 bits per heavy atom. The van der Waals surface area contributed by atoms with Crippen molar-refractivity contribution in [3.63, 3.8) is 0 Å². The molecule has 162 valence electrons. The number of rotatable bonds is 5. The van der Waals surface area contributed by atoms with Gasteiger partial charge < -0.3 is 5.32 Å². The van der Waals surface area contributed by atoms with Crippen LogP contribution in [-0.4, -0.2) is 33.3 Å². The smallest absolute Gasteiger partial charge is 0.295 e. The van der Waals surface area contributed by atoms with E-state index in [0.29, 0.717) is 24.5 Å². The van der Waals surface area contributed by atoms with Crippen molar-refractivity contribution in [1.82, 2.24) is 14.3 Å². The predicted molar refractivity (Wildman–Crippen MR) is 119 cm³/mol. The van der Waals surface area contributed by atoms with Crippen LogP contribution in [0.1, 0.15) is 24.1 Å². The van der Waals surface area contributed by atoms with E-state index in [9.17, 15) is 14.0 Å². The molecule has 1 aromatic heterocycles. The van der Waals surface area contributed by atoms with Crippen LogP contribution in [0.5, 0.6) is 0 Å². The third-order valence-corrected chi connectivity index (χ3v) is 6.00. The van der Waals surface area contributed by atoms with Crippen molar-refractivity contribution >= 4 is 11.6 Å². The SMILES string of the molecule is Cc1c(NC(=O)C2CCCN(Cc3ccc(F)cc3)C2)c(=O)n(-c2ccccc2)n1C. The number of likely N-dealkylation sites (tertiary alicyclic amines) is 1. The van der Waals surface area contributed by atoms with Crippen LogP contribution in [0.2, 0.25) is 0 Å². The summed E-state index contributed by atoms with van der Waals surface area (Å²) >= 11 is 0. The Kier molecular flexibility index (Phi) is 6.04. The number of hydrogen-bond donors (Lipinski definition) is 1. The lowest BCUT2D eigenvalue weighted by atomic mass is 9.96. The molecule has 0 radical (unpaired) electrons. The van der Waals surface area contributed by atoms with Gasteiger partial charge in [0.15, 0.2) is 0 Å². The largest absolute Gasteiger partial charge is 0.320 e. The van der Waals surface area contributed by atoms with Gasteiger partial charge in [0.1, 0.15) is 11.5 Å². The Morgan fingerprint density at radius 3 is 2.55 bits per heavy atom. The van der Waals surface area contributed by atoms with Crippen LogP contribution < -0.4 is 10.9 Å². The molecule has 1 unspecified atom stereocenters. The van der Waals surface area contributed by atoms with Crippen LogP contribution >= 0.6 is 0 Å². The molecule has 1 saturated heterocycles. The maximum Gasteiger partial charge on any atom is 0.295 e. The second-order valence-corrected chi connectivity index (χ2v) is 8.13. The van der Waals surface area contributed by atoms with E-state index in [2.05, 4.69) is 10.2 Å². The number of anilines is 1. The maximum atomic E-state index is 13.1. The minimum absolute atomic E-state index is 0.130. The number of aromatic nitrogens is 2. The number of nitrogens with zero attached hydrogens (tertiary/aromatic N) is 3. The number of piperidine rings is 1. The van der Waals surface area contributed by atoms with Crippen LogP contribution in [0.15, 0.2) is 59.4 Å². The van der Waals surface area contributed by atoms with E-state index in [4.69, 9.17) is 0 Å². The van der Waals surface area contributed by atoms with Gasteiger partial charge in [-0.05, 0) is 56.1 Å². The number of hydrogen-bond acceptors (Lipinski definition) is 3. The molecule has 0 spiro atoms. The number of carbonyl (C=O) groups excluding carboxylic acids is 1. The fourth-order valence-electron chi connectivity index (χ4n) is 4.20. The Morgan fingerprint density at radius 2 is 1.84 bits per heavy atom. The first-order chi connectivity index (χ1) is 14.9.